The van der Waals surface area contributed by atoms with Gasteiger partial charge in [0, 0.05) is 24.8 Å². The van der Waals surface area contributed by atoms with E-state index in [1.807, 2.05) is 18.2 Å². The van der Waals surface area contributed by atoms with Crippen LogP contribution in [0.25, 0.3) is 0 Å². The standard InChI is InChI=1S/C13H13N3O2/c1-8-4-12(18-15-8)13(17)16-6-9-2-3-11(14)5-10(9)7-16/h2-5H,6-7,14H2,1H3. The van der Waals surface area contributed by atoms with Crippen LogP contribution in [0.3, 0.4) is 0 Å². The molecule has 0 bridgehead atoms. The summed E-state index contributed by atoms with van der Waals surface area (Å²) in [6.45, 7) is 2.95. The summed E-state index contributed by atoms with van der Waals surface area (Å²) in [5.41, 5.74) is 9.39. The minimum atomic E-state index is -0.134. The van der Waals surface area contributed by atoms with Gasteiger partial charge in [0.25, 0.3) is 5.91 Å². The van der Waals surface area contributed by atoms with Gasteiger partial charge in [-0.05, 0) is 30.2 Å². The Hall–Kier alpha value is -2.30. The molecule has 1 amide bonds. The van der Waals surface area contributed by atoms with Crippen molar-refractivity contribution in [3.8, 4) is 0 Å². The fraction of sp³-hybridized carbons (Fsp3) is 0.231. The van der Waals surface area contributed by atoms with Gasteiger partial charge in [0.05, 0.1) is 5.69 Å². The molecule has 0 atom stereocenters. The lowest BCUT2D eigenvalue weighted by atomic mass is 10.1. The maximum atomic E-state index is 12.2. The van der Waals surface area contributed by atoms with Crippen LogP contribution in [-0.4, -0.2) is 16.0 Å². The maximum absolute atomic E-state index is 12.2. The van der Waals surface area contributed by atoms with E-state index in [2.05, 4.69) is 5.16 Å². The Morgan fingerprint density at radius 1 is 1.33 bits per heavy atom. The molecule has 0 fully saturated rings. The van der Waals surface area contributed by atoms with Crippen molar-refractivity contribution in [2.45, 2.75) is 20.0 Å². The van der Waals surface area contributed by atoms with Crippen molar-refractivity contribution in [1.82, 2.24) is 10.1 Å². The summed E-state index contributed by atoms with van der Waals surface area (Å²) in [5.74, 6) is 0.152. The van der Waals surface area contributed by atoms with Crippen molar-refractivity contribution >= 4 is 11.6 Å². The number of hydrogen-bond acceptors (Lipinski definition) is 4. The first-order valence-corrected chi connectivity index (χ1v) is 5.73. The van der Waals surface area contributed by atoms with Crippen LogP contribution in [0.4, 0.5) is 5.69 Å². The number of nitrogens with two attached hydrogens (primary N) is 1. The van der Waals surface area contributed by atoms with Crippen LogP contribution in [-0.2, 0) is 13.1 Å². The molecule has 3 rings (SSSR count). The quantitative estimate of drug-likeness (QED) is 0.774. The third-order valence-electron chi connectivity index (χ3n) is 3.08. The van der Waals surface area contributed by atoms with Crippen LogP contribution in [0.15, 0.2) is 28.8 Å². The first kappa shape index (κ1) is 10.8. The van der Waals surface area contributed by atoms with Gasteiger partial charge in [-0.2, -0.15) is 0 Å². The summed E-state index contributed by atoms with van der Waals surface area (Å²) in [5, 5.41) is 3.73. The monoisotopic (exact) mass is 243 g/mol. The zero-order valence-corrected chi connectivity index (χ0v) is 10.0. The largest absolute Gasteiger partial charge is 0.399 e. The first-order valence-electron chi connectivity index (χ1n) is 5.73. The van der Waals surface area contributed by atoms with Crippen LogP contribution in [0.1, 0.15) is 27.4 Å². The Labute approximate surface area is 104 Å². The predicted molar refractivity (Wildman–Crippen MR) is 65.7 cm³/mol. The summed E-state index contributed by atoms with van der Waals surface area (Å²) in [6.07, 6.45) is 0. The van der Waals surface area contributed by atoms with Crippen LogP contribution < -0.4 is 5.73 Å². The van der Waals surface area contributed by atoms with E-state index in [9.17, 15) is 4.79 Å². The van der Waals surface area contributed by atoms with E-state index in [1.165, 1.54) is 0 Å². The van der Waals surface area contributed by atoms with E-state index in [1.54, 1.807) is 17.9 Å². The van der Waals surface area contributed by atoms with Gasteiger partial charge in [0.1, 0.15) is 0 Å². The van der Waals surface area contributed by atoms with Gasteiger partial charge in [0.15, 0.2) is 0 Å². The number of aryl methyl sites for hydroxylation is 1. The topological polar surface area (TPSA) is 72.4 Å². The Bertz CT molecular complexity index is 618. The van der Waals surface area contributed by atoms with Gasteiger partial charge in [-0.1, -0.05) is 11.2 Å². The summed E-state index contributed by atoms with van der Waals surface area (Å²) in [7, 11) is 0. The van der Waals surface area contributed by atoms with Crippen molar-refractivity contribution in [2.75, 3.05) is 5.73 Å². The summed E-state index contributed by atoms with van der Waals surface area (Å²) in [4.78, 5) is 13.9. The second kappa shape index (κ2) is 3.87. The number of amides is 1. The van der Waals surface area contributed by atoms with Crippen molar-refractivity contribution in [3.63, 3.8) is 0 Å². The molecule has 0 unspecified atom stereocenters. The van der Waals surface area contributed by atoms with Crippen LogP contribution in [0.5, 0.6) is 0 Å². The van der Waals surface area contributed by atoms with Crippen molar-refractivity contribution in [2.24, 2.45) is 0 Å². The van der Waals surface area contributed by atoms with Crippen molar-refractivity contribution in [3.05, 3.63) is 46.8 Å². The highest BCUT2D eigenvalue weighted by Crippen LogP contribution is 2.26. The number of rotatable bonds is 1. The third-order valence-corrected chi connectivity index (χ3v) is 3.08. The van der Waals surface area contributed by atoms with Crippen LogP contribution in [0, 0.1) is 6.92 Å². The molecule has 5 heteroatoms. The van der Waals surface area contributed by atoms with Crippen LogP contribution >= 0.6 is 0 Å². The van der Waals surface area contributed by atoms with E-state index in [0.717, 1.165) is 16.8 Å². The maximum Gasteiger partial charge on any atom is 0.293 e. The van der Waals surface area contributed by atoms with E-state index in [-0.39, 0.29) is 11.7 Å². The Morgan fingerprint density at radius 3 is 2.83 bits per heavy atom. The Morgan fingerprint density at radius 2 is 2.11 bits per heavy atom. The highest BCUT2D eigenvalue weighted by atomic mass is 16.5. The number of hydrogen-bond donors (Lipinski definition) is 1. The summed E-state index contributed by atoms with van der Waals surface area (Å²) in [6, 6.07) is 7.38. The van der Waals surface area contributed by atoms with E-state index < -0.39 is 0 Å². The highest BCUT2D eigenvalue weighted by molar-refractivity contribution is 5.91. The molecule has 1 aromatic carbocycles. The molecule has 0 aliphatic carbocycles. The molecule has 0 saturated carbocycles. The smallest absolute Gasteiger partial charge is 0.293 e. The predicted octanol–water partition coefficient (Wildman–Crippen LogP) is 1.72. The Balaban J connectivity index is 1.83. The number of fused-ring (bicyclic) bond motifs is 1. The molecule has 0 spiro atoms. The lowest BCUT2D eigenvalue weighted by Gasteiger charge is -2.12. The molecule has 92 valence electrons. The van der Waals surface area contributed by atoms with E-state index >= 15 is 0 Å². The summed E-state index contributed by atoms with van der Waals surface area (Å²) < 4.78 is 5.00. The number of nitrogens with zero attached hydrogens (tertiary/aromatic N) is 2. The van der Waals surface area contributed by atoms with Gasteiger partial charge in [0.2, 0.25) is 5.76 Å². The average Bonchev–Trinajstić information content (AvgIpc) is 2.93. The van der Waals surface area contributed by atoms with Crippen LogP contribution in [0.2, 0.25) is 0 Å². The normalized spacial score (nSPS) is 13.7. The number of aromatic nitrogens is 1. The second-order valence-corrected chi connectivity index (χ2v) is 4.52. The van der Waals surface area contributed by atoms with E-state index in [4.69, 9.17) is 10.3 Å². The van der Waals surface area contributed by atoms with E-state index in [0.29, 0.717) is 18.8 Å². The molecule has 1 aliphatic heterocycles. The lowest BCUT2D eigenvalue weighted by molar-refractivity contribution is 0.0709. The number of benzene rings is 1. The molecule has 2 aromatic rings. The van der Waals surface area contributed by atoms with Gasteiger partial charge in [-0.15, -0.1) is 0 Å². The number of anilines is 1. The zero-order chi connectivity index (χ0) is 12.7. The second-order valence-electron chi connectivity index (χ2n) is 4.52. The average molecular weight is 243 g/mol. The molecule has 0 radical (unpaired) electrons. The van der Waals surface area contributed by atoms with Gasteiger partial charge >= 0.3 is 0 Å². The van der Waals surface area contributed by atoms with Gasteiger partial charge < -0.3 is 15.2 Å². The molecule has 5 nitrogen and oxygen atoms in total. The first-order chi connectivity index (χ1) is 8.63. The lowest BCUT2D eigenvalue weighted by Crippen LogP contribution is -2.24. The SMILES string of the molecule is Cc1cc(C(=O)N2Cc3ccc(N)cc3C2)on1. The van der Waals surface area contributed by atoms with Crippen molar-refractivity contribution in [1.29, 1.82) is 0 Å². The highest BCUT2D eigenvalue weighted by Gasteiger charge is 2.26. The number of carbonyl (C=O) groups excluding carboxylic acids is 1. The number of nitrogen functional groups attached to an aromatic ring is 1. The minimum Gasteiger partial charge on any atom is -0.399 e. The van der Waals surface area contributed by atoms with Gasteiger partial charge in [-0.25, -0.2) is 0 Å². The molecule has 2 N–H and O–H groups in total. The Kier molecular flexibility index (Phi) is 2.33. The zero-order valence-electron chi connectivity index (χ0n) is 10.0. The van der Waals surface area contributed by atoms with Crippen molar-refractivity contribution < 1.29 is 9.32 Å². The molecular formula is C13H13N3O2. The molecular weight excluding hydrogens is 230 g/mol. The molecule has 1 aliphatic rings. The van der Waals surface area contributed by atoms with Gasteiger partial charge in [-0.3, -0.25) is 4.79 Å². The molecule has 0 saturated heterocycles. The fourth-order valence-electron chi connectivity index (χ4n) is 2.18. The fourth-order valence-corrected chi connectivity index (χ4v) is 2.18. The minimum absolute atomic E-state index is 0.134. The molecule has 2 heterocycles. The number of carbonyl (C=O) groups is 1. The molecule has 1 aromatic heterocycles. The molecule has 18 heavy (non-hydrogen) atoms. The summed E-state index contributed by atoms with van der Waals surface area (Å²) >= 11 is 0. The third kappa shape index (κ3) is 1.73.